The summed E-state index contributed by atoms with van der Waals surface area (Å²) in [5.41, 5.74) is -0.528. The van der Waals surface area contributed by atoms with Crippen molar-refractivity contribution in [2.45, 2.75) is 70.2 Å². The summed E-state index contributed by atoms with van der Waals surface area (Å²) < 4.78 is 49.6. The summed E-state index contributed by atoms with van der Waals surface area (Å²) in [4.78, 5) is 1.52. The molecule has 1 saturated carbocycles. The Hall–Kier alpha value is -0.265. The van der Waals surface area contributed by atoms with Gasteiger partial charge in [0, 0.05) is 5.82 Å². The van der Waals surface area contributed by atoms with Crippen LogP contribution in [0.4, 0.5) is 13.2 Å². The van der Waals surface area contributed by atoms with Crippen molar-refractivity contribution in [1.29, 1.82) is 0 Å². The predicted octanol–water partition coefficient (Wildman–Crippen LogP) is 3.50. The lowest BCUT2D eigenvalue weighted by Crippen LogP contribution is -2.41. The summed E-state index contributed by atoms with van der Waals surface area (Å²) in [7, 11) is -0.209. The third-order valence-electron chi connectivity index (χ3n) is 6.11. The molecular formula is C15H25BF3NO2. The van der Waals surface area contributed by atoms with Gasteiger partial charge in [-0.25, -0.2) is 0 Å². The summed E-state index contributed by atoms with van der Waals surface area (Å²) in [6, 6.07) is 0. The Morgan fingerprint density at radius 1 is 1.05 bits per heavy atom. The fourth-order valence-corrected chi connectivity index (χ4v) is 3.80. The highest BCUT2D eigenvalue weighted by molar-refractivity contribution is 6.49. The topological polar surface area (TPSA) is 21.7 Å². The van der Waals surface area contributed by atoms with Crippen LogP contribution in [-0.4, -0.2) is 49.0 Å². The maximum Gasteiger partial charge on any atom is 0.461 e. The first-order valence-corrected chi connectivity index (χ1v) is 8.09. The zero-order chi connectivity index (χ0) is 16.4. The summed E-state index contributed by atoms with van der Waals surface area (Å²) in [5, 5.41) is 0. The molecule has 0 aromatic carbocycles. The molecule has 1 aliphatic carbocycles. The van der Waals surface area contributed by atoms with E-state index in [9.17, 15) is 13.2 Å². The SMILES string of the molecule is CC1(C)OB(C2CC23CCN(CC(F)(F)F)CC3)OC1(C)C. The fourth-order valence-electron chi connectivity index (χ4n) is 3.80. The second-order valence-corrected chi connectivity index (χ2v) is 8.19. The van der Waals surface area contributed by atoms with Crippen molar-refractivity contribution < 1.29 is 22.5 Å². The van der Waals surface area contributed by atoms with E-state index in [0.29, 0.717) is 18.9 Å². The molecule has 126 valence electrons. The van der Waals surface area contributed by atoms with E-state index in [4.69, 9.17) is 9.31 Å². The minimum absolute atomic E-state index is 0.142. The van der Waals surface area contributed by atoms with Gasteiger partial charge in [-0.1, -0.05) is 0 Å². The van der Waals surface area contributed by atoms with Gasteiger partial charge in [0.05, 0.1) is 17.7 Å². The van der Waals surface area contributed by atoms with Crippen molar-refractivity contribution in [2.24, 2.45) is 5.41 Å². The zero-order valence-corrected chi connectivity index (χ0v) is 13.8. The first kappa shape index (κ1) is 16.6. The molecule has 0 radical (unpaired) electrons. The molecular weight excluding hydrogens is 294 g/mol. The Morgan fingerprint density at radius 3 is 2.00 bits per heavy atom. The van der Waals surface area contributed by atoms with Crippen LogP contribution in [0.5, 0.6) is 0 Å². The van der Waals surface area contributed by atoms with E-state index < -0.39 is 12.7 Å². The van der Waals surface area contributed by atoms with Crippen molar-refractivity contribution in [3.8, 4) is 0 Å². The van der Waals surface area contributed by atoms with Crippen molar-refractivity contribution in [1.82, 2.24) is 4.90 Å². The van der Waals surface area contributed by atoms with Crippen LogP contribution < -0.4 is 0 Å². The highest BCUT2D eigenvalue weighted by Gasteiger charge is 2.66. The summed E-state index contributed by atoms with van der Waals surface area (Å²) in [5.74, 6) is 0.335. The molecule has 7 heteroatoms. The smallest absolute Gasteiger partial charge is 0.403 e. The maximum absolute atomic E-state index is 12.5. The number of piperidine rings is 1. The van der Waals surface area contributed by atoms with Crippen LogP contribution in [0.2, 0.25) is 5.82 Å². The minimum atomic E-state index is -4.10. The predicted molar refractivity (Wildman–Crippen MR) is 78.6 cm³/mol. The molecule has 2 aliphatic heterocycles. The average molecular weight is 319 g/mol. The summed E-state index contributed by atoms with van der Waals surface area (Å²) >= 11 is 0. The van der Waals surface area contributed by atoms with Gasteiger partial charge in [0.25, 0.3) is 0 Å². The largest absolute Gasteiger partial charge is 0.461 e. The van der Waals surface area contributed by atoms with Crippen LogP contribution in [0.3, 0.4) is 0 Å². The Balaban J connectivity index is 1.55. The average Bonchev–Trinajstić information content (AvgIpc) is 2.98. The molecule has 2 saturated heterocycles. The van der Waals surface area contributed by atoms with E-state index in [1.54, 1.807) is 0 Å². The number of alkyl halides is 3. The van der Waals surface area contributed by atoms with Gasteiger partial charge >= 0.3 is 13.3 Å². The lowest BCUT2D eigenvalue weighted by atomic mass is 9.74. The molecule has 22 heavy (non-hydrogen) atoms. The first-order chi connectivity index (χ1) is 9.94. The number of hydrogen-bond donors (Lipinski definition) is 0. The molecule has 3 aliphatic rings. The van der Waals surface area contributed by atoms with Crippen LogP contribution >= 0.6 is 0 Å². The van der Waals surface area contributed by atoms with E-state index in [1.165, 1.54) is 4.90 Å². The van der Waals surface area contributed by atoms with E-state index in [1.807, 2.05) is 27.7 Å². The maximum atomic E-state index is 12.5. The third kappa shape index (κ3) is 2.92. The van der Waals surface area contributed by atoms with Crippen LogP contribution in [0.25, 0.3) is 0 Å². The lowest BCUT2D eigenvalue weighted by Gasteiger charge is -2.33. The fraction of sp³-hybridized carbons (Fsp3) is 1.00. The summed E-state index contributed by atoms with van der Waals surface area (Å²) in [6.45, 7) is 8.40. The highest BCUT2D eigenvalue weighted by Crippen LogP contribution is 2.67. The molecule has 3 fully saturated rings. The Morgan fingerprint density at radius 2 is 1.55 bits per heavy atom. The van der Waals surface area contributed by atoms with E-state index in [-0.39, 0.29) is 23.7 Å². The van der Waals surface area contributed by atoms with Gasteiger partial charge in [0.15, 0.2) is 0 Å². The third-order valence-corrected chi connectivity index (χ3v) is 6.11. The molecule has 0 amide bonds. The molecule has 2 heterocycles. The van der Waals surface area contributed by atoms with Crippen LogP contribution in [0.1, 0.15) is 47.0 Å². The first-order valence-electron chi connectivity index (χ1n) is 8.09. The normalized spacial score (nSPS) is 33.4. The molecule has 0 aromatic rings. The summed E-state index contributed by atoms with van der Waals surface area (Å²) in [6.07, 6.45) is -1.45. The zero-order valence-electron chi connectivity index (χ0n) is 13.8. The lowest BCUT2D eigenvalue weighted by molar-refractivity contribution is -0.149. The Kier molecular flexibility index (Phi) is 3.67. The number of rotatable bonds is 2. The van der Waals surface area contributed by atoms with Crippen LogP contribution in [0.15, 0.2) is 0 Å². The second kappa shape index (κ2) is 4.87. The van der Waals surface area contributed by atoms with Crippen molar-refractivity contribution >= 4 is 7.12 Å². The molecule has 3 rings (SSSR count). The van der Waals surface area contributed by atoms with Gasteiger partial charge in [-0.15, -0.1) is 0 Å². The van der Waals surface area contributed by atoms with Gasteiger partial charge < -0.3 is 9.31 Å². The Labute approximate surface area is 130 Å². The molecule has 1 unspecified atom stereocenters. The molecule has 0 aromatic heterocycles. The molecule has 3 nitrogen and oxygen atoms in total. The van der Waals surface area contributed by atoms with Crippen LogP contribution in [-0.2, 0) is 9.31 Å². The highest BCUT2D eigenvalue weighted by atomic mass is 19.4. The van der Waals surface area contributed by atoms with Crippen molar-refractivity contribution in [3.63, 3.8) is 0 Å². The van der Waals surface area contributed by atoms with Crippen molar-refractivity contribution in [3.05, 3.63) is 0 Å². The number of likely N-dealkylation sites (tertiary alicyclic amines) is 1. The van der Waals surface area contributed by atoms with E-state index >= 15 is 0 Å². The number of hydrogen-bond acceptors (Lipinski definition) is 3. The van der Waals surface area contributed by atoms with E-state index in [0.717, 1.165) is 19.3 Å². The van der Waals surface area contributed by atoms with Gasteiger partial charge in [0.2, 0.25) is 0 Å². The monoisotopic (exact) mass is 319 g/mol. The molecule has 1 atom stereocenters. The molecule has 0 N–H and O–H groups in total. The number of halogens is 3. The van der Waals surface area contributed by atoms with Crippen LogP contribution in [0, 0.1) is 5.41 Å². The Bertz CT molecular complexity index is 429. The van der Waals surface area contributed by atoms with Gasteiger partial charge in [-0.3, -0.25) is 4.90 Å². The van der Waals surface area contributed by atoms with E-state index in [2.05, 4.69) is 0 Å². The van der Waals surface area contributed by atoms with Crippen molar-refractivity contribution in [2.75, 3.05) is 19.6 Å². The van der Waals surface area contributed by atoms with Gasteiger partial charge in [-0.2, -0.15) is 13.2 Å². The second-order valence-electron chi connectivity index (χ2n) is 8.19. The number of nitrogens with zero attached hydrogens (tertiary/aromatic N) is 1. The van der Waals surface area contributed by atoms with Gasteiger partial charge in [-0.05, 0) is 65.5 Å². The minimum Gasteiger partial charge on any atom is -0.403 e. The molecule has 0 bridgehead atoms. The van der Waals surface area contributed by atoms with Gasteiger partial charge in [0.1, 0.15) is 0 Å². The quantitative estimate of drug-likeness (QED) is 0.727. The standard InChI is InChI=1S/C15H25BF3NO2/c1-12(2)13(3,4)22-16(21-12)11-9-14(11)5-7-20(8-6-14)10-15(17,18)19/h11H,5-10H2,1-4H3. The molecule has 1 spiro atoms.